The minimum Gasteiger partial charge on any atom is -0.349 e. The minimum absolute atomic E-state index is 0.0419. The molecule has 144 valence electrons. The summed E-state index contributed by atoms with van der Waals surface area (Å²) in [6.07, 6.45) is 6.34. The number of nitrogens with one attached hydrogen (secondary N) is 1. The first-order chi connectivity index (χ1) is 13.6. The molecule has 0 aliphatic heterocycles. The van der Waals surface area contributed by atoms with E-state index in [1.165, 1.54) is 16.5 Å². The number of benzene rings is 1. The molecule has 1 N–H and O–H groups in total. The largest absolute Gasteiger partial charge is 0.349 e. The van der Waals surface area contributed by atoms with E-state index in [4.69, 9.17) is 0 Å². The molecule has 6 heteroatoms. The number of hydrogen-bond donors (Lipinski definition) is 1. The van der Waals surface area contributed by atoms with Crippen LogP contribution in [0.1, 0.15) is 44.1 Å². The van der Waals surface area contributed by atoms with Crippen LogP contribution in [0.15, 0.2) is 54.9 Å². The molecule has 0 bridgehead atoms. The third kappa shape index (κ3) is 3.63. The van der Waals surface area contributed by atoms with E-state index in [1.807, 2.05) is 28.8 Å². The number of nitrogens with zero attached hydrogens (tertiary/aromatic N) is 4. The molecular formula is C22H25N5O. The molecule has 0 atom stereocenters. The maximum Gasteiger partial charge on any atom is 0.220 e. The van der Waals surface area contributed by atoms with Crippen LogP contribution in [0.2, 0.25) is 0 Å². The number of pyridine rings is 1. The SMILES string of the molecule is CC(C)n1cc(CCCC(=O)NCc2nnc3ccccn23)c2ccccc21. The zero-order valence-electron chi connectivity index (χ0n) is 16.3. The molecule has 28 heavy (non-hydrogen) atoms. The normalized spacial score (nSPS) is 11.5. The lowest BCUT2D eigenvalue weighted by Crippen LogP contribution is -2.23. The van der Waals surface area contributed by atoms with Crippen molar-refractivity contribution in [3.63, 3.8) is 0 Å². The highest BCUT2D eigenvalue weighted by Crippen LogP contribution is 2.25. The lowest BCUT2D eigenvalue weighted by atomic mass is 10.1. The zero-order valence-corrected chi connectivity index (χ0v) is 16.3. The van der Waals surface area contributed by atoms with Crippen LogP contribution in [0, 0.1) is 0 Å². The predicted molar refractivity (Wildman–Crippen MR) is 110 cm³/mol. The summed E-state index contributed by atoms with van der Waals surface area (Å²) in [6.45, 7) is 4.77. The molecule has 0 aliphatic carbocycles. The van der Waals surface area contributed by atoms with E-state index in [-0.39, 0.29) is 5.91 Å². The van der Waals surface area contributed by atoms with E-state index in [9.17, 15) is 4.79 Å². The van der Waals surface area contributed by atoms with Crippen molar-refractivity contribution in [1.82, 2.24) is 24.5 Å². The van der Waals surface area contributed by atoms with Crippen LogP contribution in [-0.2, 0) is 17.8 Å². The summed E-state index contributed by atoms with van der Waals surface area (Å²) in [5.41, 5.74) is 3.35. The second-order valence-electron chi connectivity index (χ2n) is 7.35. The predicted octanol–water partition coefficient (Wildman–Crippen LogP) is 3.90. The fraction of sp³-hybridized carbons (Fsp3) is 0.318. The molecule has 0 spiro atoms. The Bertz CT molecular complexity index is 1110. The fourth-order valence-electron chi connectivity index (χ4n) is 3.62. The van der Waals surface area contributed by atoms with Gasteiger partial charge in [0.05, 0.1) is 6.54 Å². The number of aromatic nitrogens is 4. The highest BCUT2D eigenvalue weighted by atomic mass is 16.1. The summed E-state index contributed by atoms with van der Waals surface area (Å²) in [6, 6.07) is 14.6. The van der Waals surface area contributed by atoms with Crippen molar-refractivity contribution in [1.29, 1.82) is 0 Å². The summed E-state index contributed by atoms with van der Waals surface area (Å²) in [7, 11) is 0. The van der Waals surface area contributed by atoms with E-state index >= 15 is 0 Å². The third-order valence-electron chi connectivity index (χ3n) is 5.06. The highest BCUT2D eigenvalue weighted by molar-refractivity contribution is 5.84. The molecule has 1 amide bonds. The van der Waals surface area contributed by atoms with Gasteiger partial charge in [0, 0.05) is 35.8 Å². The number of fused-ring (bicyclic) bond motifs is 2. The number of rotatable bonds is 7. The van der Waals surface area contributed by atoms with Gasteiger partial charge < -0.3 is 9.88 Å². The van der Waals surface area contributed by atoms with E-state index in [1.54, 1.807) is 0 Å². The van der Waals surface area contributed by atoms with Crippen LogP contribution in [-0.4, -0.2) is 25.1 Å². The quantitative estimate of drug-likeness (QED) is 0.533. The van der Waals surface area contributed by atoms with Gasteiger partial charge in [0.25, 0.3) is 0 Å². The molecule has 0 saturated heterocycles. The summed E-state index contributed by atoms with van der Waals surface area (Å²) >= 11 is 0. The van der Waals surface area contributed by atoms with Gasteiger partial charge in [-0.3, -0.25) is 9.20 Å². The minimum atomic E-state index is 0.0419. The first kappa shape index (κ1) is 18.2. The molecular weight excluding hydrogens is 350 g/mol. The van der Waals surface area contributed by atoms with Gasteiger partial charge >= 0.3 is 0 Å². The molecule has 3 aromatic heterocycles. The van der Waals surface area contributed by atoms with Crippen molar-refractivity contribution in [2.45, 2.75) is 45.7 Å². The third-order valence-corrected chi connectivity index (χ3v) is 5.06. The smallest absolute Gasteiger partial charge is 0.220 e. The van der Waals surface area contributed by atoms with Crippen molar-refractivity contribution in [2.75, 3.05) is 0 Å². The van der Waals surface area contributed by atoms with Gasteiger partial charge in [0.1, 0.15) is 0 Å². The van der Waals surface area contributed by atoms with Crippen LogP contribution >= 0.6 is 0 Å². The number of hydrogen-bond acceptors (Lipinski definition) is 3. The topological polar surface area (TPSA) is 64.2 Å². The number of carbonyl (C=O) groups is 1. The summed E-state index contributed by atoms with van der Waals surface area (Å²) in [5, 5.41) is 12.5. The molecule has 0 saturated carbocycles. The molecule has 0 radical (unpaired) electrons. The van der Waals surface area contributed by atoms with Gasteiger partial charge in [0.2, 0.25) is 5.91 Å². The molecule has 0 unspecified atom stereocenters. The second kappa shape index (κ2) is 7.84. The van der Waals surface area contributed by atoms with Crippen LogP contribution < -0.4 is 5.32 Å². The summed E-state index contributed by atoms with van der Waals surface area (Å²) in [4.78, 5) is 12.3. The maximum absolute atomic E-state index is 12.3. The Hall–Kier alpha value is -3.15. The number of para-hydroxylation sites is 1. The number of aryl methyl sites for hydroxylation is 1. The van der Waals surface area contributed by atoms with Crippen LogP contribution in [0.25, 0.3) is 16.6 Å². The van der Waals surface area contributed by atoms with Crippen LogP contribution in [0.5, 0.6) is 0 Å². The molecule has 3 heterocycles. The highest BCUT2D eigenvalue weighted by Gasteiger charge is 2.11. The molecule has 4 aromatic rings. The lowest BCUT2D eigenvalue weighted by Gasteiger charge is -2.08. The van der Waals surface area contributed by atoms with E-state index in [0.29, 0.717) is 19.0 Å². The average Bonchev–Trinajstić information content (AvgIpc) is 3.28. The van der Waals surface area contributed by atoms with E-state index in [2.05, 4.69) is 64.4 Å². The fourth-order valence-corrected chi connectivity index (χ4v) is 3.62. The Balaban J connectivity index is 1.34. The van der Waals surface area contributed by atoms with Crippen molar-refractivity contribution >= 4 is 22.5 Å². The average molecular weight is 375 g/mol. The standard InChI is InChI=1S/C22H25N5O/c1-16(2)27-15-17(18-9-3-4-10-19(18)27)8-7-12-22(28)23-14-21-25-24-20-11-5-6-13-26(20)21/h3-6,9-11,13,15-16H,7-8,12,14H2,1-2H3,(H,23,28). The van der Waals surface area contributed by atoms with Crippen molar-refractivity contribution in [3.05, 3.63) is 66.2 Å². The van der Waals surface area contributed by atoms with Gasteiger partial charge in [-0.15, -0.1) is 10.2 Å². The molecule has 1 aromatic carbocycles. The Morgan fingerprint density at radius 1 is 1.11 bits per heavy atom. The first-order valence-electron chi connectivity index (χ1n) is 9.77. The van der Waals surface area contributed by atoms with E-state index in [0.717, 1.165) is 24.3 Å². The Morgan fingerprint density at radius 3 is 2.79 bits per heavy atom. The molecule has 0 aliphatic rings. The van der Waals surface area contributed by atoms with Gasteiger partial charge in [0.15, 0.2) is 11.5 Å². The molecule has 6 nitrogen and oxygen atoms in total. The van der Waals surface area contributed by atoms with Gasteiger partial charge in [-0.25, -0.2) is 0 Å². The summed E-state index contributed by atoms with van der Waals surface area (Å²) in [5.74, 6) is 0.782. The van der Waals surface area contributed by atoms with Gasteiger partial charge in [-0.1, -0.05) is 24.3 Å². The first-order valence-corrected chi connectivity index (χ1v) is 9.77. The zero-order chi connectivity index (χ0) is 19.5. The maximum atomic E-state index is 12.3. The Kier molecular flexibility index (Phi) is 5.10. The van der Waals surface area contributed by atoms with Crippen molar-refractivity contribution in [3.8, 4) is 0 Å². The lowest BCUT2D eigenvalue weighted by molar-refractivity contribution is -0.121. The van der Waals surface area contributed by atoms with Gasteiger partial charge in [-0.2, -0.15) is 0 Å². The number of amides is 1. The molecule has 0 fully saturated rings. The Labute approximate surface area is 164 Å². The van der Waals surface area contributed by atoms with Crippen molar-refractivity contribution < 1.29 is 4.79 Å². The second-order valence-corrected chi connectivity index (χ2v) is 7.35. The van der Waals surface area contributed by atoms with Crippen molar-refractivity contribution in [2.24, 2.45) is 0 Å². The van der Waals surface area contributed by atoms with Crippen LogP contribution in [0.4, 0.5) is 0 Å². The number of carbonyl (C=O) groups excluding carboxylic acids is 1. The van der Waals surface area contributed by atoms with Crippen LogP contribution in [0.3, 0.4) is 0 Å². The summed E-state index contributed by atoms with van der Waals surface area (Å²) < 4.78 is 4.20. The Morgan fingerprint density at radius 2 is 1.93 bits per heavy atom. The van der Waals surface area contributed by atoms with E-state index < -0.39 is 0 Å². The van der Waals surface area contributed by atoms with Gasteiger partial charge in [-0.05, 0) is 50.5 Å². The monoisotopic (exact) mass is 375 g/mol. The molecule has 4 rings (SSSR count).